The molecule has 0 spiro atoms. The second-order valence-corrected chi connectivity index (χ2v) is 4.34. The maximum atomic E-state index is 4.92. The Morgan fingerprint density at radius 2 is 1.07 bits per heavy atom. The van der Waals surface area contributed by atoms with Crippen LogP contribution in [0, 0.1) is 24.2 Å². The zero-order valence-electron chi connectivity index (χ0n) is 11.2. The van der Waals surface area contributed by atoms with Crippen molar-refractivity contribution < 1.29 is 4.74 Å². The first-order valence-electron chi connectivity index (χ1n) is 5.26. The lowest BCUT2D eigenvalue weighted by molar-refractivity contribution is 0.134. The highest BCUT2D eigenvalue weighted by atomic mass is 16.5. The first-order chi connectivity index (χ1) is 6.27. The number of ether oxygens (including phenoxy) is 1. The van der Waals surface area contributed by atoms with Crippen LogP contribution in [0.5, 0.6) is 0 Å². The average Bonchev–Trinajstić information content (AvgIpc) is 2.04. The zero-order valence-corrected chi connectivity index (χ0v) is 11.2. The van der Waals surface area contributed by atoms with Crippen LogP contribution in [-0.4, -0.2) is 13.2 Å². The van der Waals surface area contributed by atoms with Gasteiger partial charge in [-0.15, -0.1) is 12.3 Å². The van der Waals surface area contributed by atoms with E-state index < -0.39 is 0 Å². The zero-order chi connectivity index (χ0) is 12.1. The Hall–Kier alpha value is -0.480. The maximum absolute atomic E-state index is 4.92. The largest absolute Gasteiger partial charge is 0.382 e. The summed E-state index contributed by atoms with van der Waals surface area (Å²) in [6, 6.07) is 0. The molecule has 0 N–H and O–H groups in total. The fourth-order valence-electron chi connectivity index (χ4n) is 0. The fourth-order valence-corrected chi connectivity index (χ4v) is 0. The van der Waals surface area contributed by atoms with Crippen LogP contribution < -0.4 is 0 Å². The van der Waals surface area contributed by atoms with Crippen molar-refractivity contribution in [1.82, 2.24) is 0 Å². The number of terminal acetylenes is 1. The van der Waals surface area contributed by atoms with Crippen molar-refractivity contribution in [2.75, 3.05) is 7.11 Å². The molecular weight excluding hydrogens is 184 g/mol. The molecule has 0 fully saturated rings. The lowest BCUT2D eigenvalue weighted by Gasteiger charge is -1.94. The summed E-state index contributed by atoms with van der Waals surface area (Å²) >= 11 is 0. The Kier molecular flexibility index (Phi) is 30.6. The average molecular weight is 216 g/mol. The third kappa shape index (κ3) is 145. The van der Waals surface area contributed by atoms with Gasteiger partial charge in [0.15, 0.2) is 0 Å². The topological polar surface area (TPSA) is 9.23 Å². The Bertz CT molecular complexity index is 115. The Morgan fingerprint density at radius 1 is 0.933 bits per heavy atom. The van der Waals surface area contributed by atoms with Gasteiger partial charge in [-0.25, -0.2) is 0 Å². The van der Waals surface area contributed by atoms with E-state index in [0.717, 1.165) is 5.92 Å². The Labute approximate surface area is 98.6 Å². The first-order valence-corrected chi connectivity index (χ1v) is 5.26. The van der Waals surface area contributed by atoms with E-state index in [1.54, 1.807) is 7.11 Å². The van der Waals surface area contributed by atoms with Gasteiger partial charge in [-0.3, -0.25) is 0 Å². The van der Waals surface area contributed by atoms with Crippen LogP contribution in [-0.2, 0) is 4.74 Å². The monoisotopic (exact) mass is 216 g/mol. The molecule has 0 unspecified atom stereocenters. The summed E-state index contributed by atoms with van der Waals surface area (Å²) in [4.78, 5) is 0. The second-order valence-electron chi connectivity index (χ2n) is 4.34. The van der Waals surface area contributed by atoms with Gasteiger partial charge in [-0.05, 0) is 19.8 Å². The molecule has 0 aromatic heterocycles. The molecule has 15 heavy (non-hydrogen) atoms. The molecule has 0 aliphatic rings. The van der Waals surface area contributed by atoms with Crippen molar-refractivity contribution in [2.24, 2.45) is 11.8 Å². The summed E-state index contributed by atoms with van der Waals surface area (Å²) in [5, 5.41) is 0. The minimum absolute atomic E-state index is 0. The summed E-state index contributed by atoms with van der Waals surface area (Å²) < 4.78 is 4.75. The molecule has 0 radical (unpaired) electrons. The van der Waals surface area contributed by atoms with Crippen molar-refractivity contribution in [3.63, 3.8) is 0 Å². The Morgan fingerprint density at radius 3 is 1.07 bits per heavy atom. The van der Waals surface area contributed by atoms with E-state index in [1.165, 1.54) is 0 Å². The van der Waals surface area contributed by atoms with E-state index in [2.05, 4.69) is 26.7 Å². The van der Waals surface area contributed by atoms with E-state index in [4.69, 9.17) is 11.2 Å². The standard InChI is InChI=1S/C5H8.C4H10O.C4H10.CH4/c1-4-5(2)3;1-4(2)5-3;1-4(2)3;/h1,5H,2-3H3;4H,1-3H3;4H,1-3H3;1H4. The molecule has 0 aliphatic heterocycles. The van der Waals surface area contributed by atoms with Gasteiger partial charge in [0.25, 0.3) is 0 Å². The second kappa shape index (κ2) is 19.1. The minimum Gasteiger partial charge on any atom is -0.382 e. The maximum Gasteiger partial charge on any atom is 0.0515 e. The van der Waals surface area contributed by atoms with Crippen LogP contribution in [0.2, 0.25) is 0 Å². The van der Waals surface area contributed by atoms with E-state index in [1.807, 2.05) is 27.7 Å². The molecule has 0 rings (SSSR count). The molecule has 0 saturated carbocycles. The summed E-state index contributed by atoms with van der Waals surface area (Å²) in [5.74, 6) is 3.77. The number of hydrogen-bond acceptors (Lipinski definition) is 1. The summed E-state index contributed by atoms with van der Waals surface area (Å²) in [7, 11) is 1.70. The molecule has 1 nitrogen and oxygen atoms in total. The van der Waals surface area contributed by atoms with Gasteiger partial charge >= 0.3 is 0 Å². The first kappa shape index (κ1) is 24.0. The molecule has 0 atom stereocenters. The molecule has 1 heteroatoms. The van der Waals surface area contributed by atoms with Crippen LogP contribution in [0.3, 0.4) is 0 Å². The van der Waals surface area contributed by atoms with Crippen LogP contribution in [0.4, 0.5) is 0 Å². The molecule has 0 heterocycles. The molecule has 0 aliphatic carbocycles. The van der Waals surface area contributed by atoms with E-state index >= 15 is 0 Å². The van der Waals surface area contributed by atoms with Gasteiger partial charge < -0.3 is 4.74 Å². The van der Waals surface area contributed by atoms with E-state index in [0.29, 0.717) is 12.0 Å². The molecule has 0 aromatic carbocycles. The van der Waals surface area contributed by atoms with E-state index in [9.17, 15) is 0 Å². The van der Waals surface area contributed by atoms with Crippen LogP contribution in [0.1, 0.15) is 55.9 Å². The predicted molar refractivity (Wildman–Crippen MR) is 73.1 cm³/mol. The van der Waals surface area contributed by atoms with Crippen molar-refractivity contribution in [2.45, 2.75) is 62.0 Å². The molecule has 0 bridgehead atoms. The SMILES string of the molecule is C.C#CC(C)C.CC(C)C.COC(C)C. The molecular formula is C14H32O. The highest BCUT2D eigenvalue weighted by molar-refractivity contribution is 4.86. The number of rotatable bonds is 1. The summed E-state index contributed by atoms with van der Waals surface area (Å²) in [6.07, 6.45) is 5.31. The highest BCUT2D eigenvalue weighted by Crippen LogP contribution is 1.82. The van der Waals surface area contributed by atoms with E-state index in [-0.39, 0.29) is 7.43 Å². The predicted octanol–water partition coefficient (Wildman–Crippen LogP) is 4.62. The number of methoxy groups -OCH3 is 1. The molecule has 0 aromatic rings. The van der Waals surface area contributed by atoms with Gasteiger partial charge in [0.05, 0.1) is 6.10 Å². The lowest BCUT2D eigenvalue weighted by atomic mass is 10.2. The summed E-state index contributed by atoms with van der Waals surface area (Å²) in [6.45, 7) is 14.5. The normalized spacial score (nSPS) is 8.13. The third-order valence-corrected chi connectivity index (χ3v) is 0.805. The van der Waals surface area contributed by atoms with Crippen molar-refractivity contribution in [3.8, 4) is 12.3 Å². The van der Waals surface area contributed by atoms with Crippen molar-refractivity contribution in [1.29, 1.82) is 0 Å². The number of hydrogen-bond donors (Lipinski definition) is 0. The Balaban J connectivity index is -0.0000000590. The van der Waals surface area contributed by atoms with Crippen LogP contribution in [0.25, 0.3) is 0 Å². The highest BCUT2D eigenvalue weighted by Gasteiger charge is 1.78. The van der Waals surface area contributed by atoms with Crippen LogP contribution in [0.15, 0.2) is 0 Å². The smallest absolute Gasteiger partial charge is 0.0515 e. The minimum atomic E-state index is 0. The van der Waals surface area contributed by atoms with Gasteiger partial charge in [0.2, 0.25) is 0 Å². The lowest BCUT2D eigenvalue weighted by Crippen LogP contribution is -1.94. The fraction of sp³-hybridized carbons (Fsp3) is 0.857. The molecule has 0 saturated heterocycles. The van der Waals surface area contributed by atoms with Gasteiger partial charge in [0, 0.05) is 13.0 Å². The summed E-state index contributed by atoms with van der Waals surface area (Å²) in [5.41, 5.74) is 0. The van der Waals surface area contributed by atoms with Gasteiger partial charge in [-0.2, -0.15) is 0 Å². The third-order valence-electron chi connectivity index (χ3n) is 0.805. The molecule has 0 amide bonds. The quantitative estimate of drug-likeness (QED) is 0.581. The van der Waals surface area contributed by atoms with Crippen molar-refractivity contribution >= 4 is 0 Å². The van der Waals surface area contributed by atoms with Gasteiger partial charge in [-0.1, -0.05) is 42.0 Å². The van der Waals surface area contributed by atoms with Crippen LogP contribution >= 0.6 is 0 Å². The van der Waals surface area contributed by atoms with Gasteiger partial charge in [0.1, 0.15) is 0 Å². The van der Waals surface area contributed by atoms with Crippen molar-refractivity contribution in [3.05, 3.63) is 0 Å². The molecule has 94 valence electrons.